The normalized spacial score (nSPS) is 13.0. The lowest BCUT2D eigenvalue weighted by atomic mass is 9.84. The highest BCUT2D eigenvalue weighted by molar-refractivity contribution is 7.89. The van der Waals surface area contributed by atoms with Gasteiger partial charge in [-0.15, -0.1) is 11.3 Å². The molecule has 1 unspecified atom stereocenters. The van der Waals surface area contributed by atoms with Crippen molar-refractivity contribution in [2.24, 2.45) is 5.92 Å². The number of aliphatic hydroxyl groups excluding tert-OH is 1. The molecule has 4 aromatic rings. The molecule has 0 saturated heterocycles. The number of nitrogens with two attached hydrogens (primary N) is 1. The number of alkyl carbamates (subject to hydrolysis) is 1. The van der Waals surface area contributed by atoms with Crippen LogP contribution in [0.1, 0.15) is 46.7 Å². The quantitative estimate of drug-likeness (QED) is 0.140. The average Bonchev–Trinajstić information content (AvgIpc) is 3.53. The lowest BCUT2D eigenvalue weighted by Gasteiger charge is -2.30. The standard InChI is InChI=1S/C34H40N4O6S2/c1-23(2)21-38(46(42,43)28-17-14-26(35)15-18-28)29(22-39)30-19-16-27(45-30)20-36-33(40)32(37-34(41)44-3)31(24-10-6-4-7-11-24)25-12-8-5-9-13-25/h4-19,23,29,31-32,39H,20-22,35H2,1-3H3,(H,36,40)(H,37,41)/t29-,32?/m1/s1. The number of aliphatic hydroxyl groups is 1. The van der Waals surface area contributed by atoms with Crippen LogP contribution in [0.5, 0.6) is 0 Å². The van der Waals surface area contributed by atoms with Crippen LogP contribution in [0.2, 0.25) is 0 Å². The number of nitrogens with one attached hydrogen (secondary N) is 2. The van der Waals surface area contributed by atoms with Gasteiger partial charge in [0.1, 0.15) is 6.04 Å². The fourth-order valence-corrected chi connectivity index (χ4v) is 8.07. The number of hydrogen-bond donors (Lipinski definition) is 4. The summed E-state index contributed by atoms with van der Waals surface area (Å²) >= 11 is 1.30. The SMILES string of the molecule is COC(=O)NC(C(=O)NCc1ccc([C@@H](CO)N(CC(C)C)S(=O)(=O)c2ccc(N)cc2)s1)C(c1ccccc1)c1ccccc1. The van der Waals surface area contributed by atoms with Gasteiger partial charge in [0.15, 0.2) is 0 Å². The van der Waals surface area contributed by atoms with Crippen LogP contribution in [0.3, 0.4) is 0 Å². The Balaban J connectivity index is 1.59. The van der Waals surface area contributed by atoms with Crippen molar-refractivity contribution in [3.63, 3.8) is 0 Å². The number of ether oxygens (including phenoxy) is 1. The first-order valence-corrected chi connectivity index (χ1v) is 17.1. The average molecular weight is 665 g/mol. The Morgan fingerprint density at radius 1 is 0.913 bits per heavy atom. The number of methoxy groups -OCH3 is 1. The topological polar surface area (TPSA) is 151 Å². The molecular formula is C34H40N4O6S2. The molecule has 0 fully saturated rings. The fraction of sp³-hybridized carbons (Fsp3) is 0.294. The number of hydrogen-bond acceptors (Lipinski definition) is 8. The molecule has 12 heteroatoms. The van der Waals surface area contributed by atoms with Crippen LogP contribution in [0.4, 0.5) is 10.5 Å². The number of carbonyl (C=O) groups excluding carboxylic acids is 2. The highest BCUT2D eigenvalue weighted by Crippen LogP contribution is 2.33. The molecule has 0 aliphatic carbocycles. The first kappa shape index (κ1) is 34.6. The largest absolute Gasteiger partial charge is 0.453 e. The zero-order chi connectivity index (χ0) is 33.3. The molecule has 46 heavy (non-hydrogen) atoms. The second kappa shape index (κ2) is 15.9. The summed E-state index contributed by atoms with van der Waals surface area (Å²) in [6.45, 7) is 3.68. The molecule has 0 spiro atoms. The van der Waals surface area contributed by atoms with Gasteiger partial charge in [0.2, 0.25) is 15.9 Å². The minimum absolute atomic E-state index is 0.0160. The minimum atomic E-state index is -3.97. The zero-order valence-electron chi connectivity index (χ0n) is 26.0. The summed E-state index contributed by atoms with van der Waals surface area (Å²) in [5.41, 5.74) is 7.89. The maximum atomic E-state index is 13.8. The third kappa shape index (κ3) is 8.52. The molecule has 244 valence electrons. The summed E-state index contributed by atoms with van der Waals surface area (Å²) in [6.07, 6.45) is -0.742. The van der Waals surface area contributed by atoms with E-state index in [0.29, 0.717) is 10.6 Å². The predicted molar refractivity (Wildman–Crippen MR) is 180 cm³/mol. The van der Waals surface area contributed by atoms with Crippen molar-refractivity contribution in [3.8, 4) is 0 Å². The number of nitrogen functional groups attached to an aromatic ring is 1. The summed E-state index contributed by atoms with van der Waals surface area (Å²) < 4.78 is 33.7. The summed E-state index contributed by atoms with van der Waals surface area (Å²) in [4.78, 5) is 27.7. The molecule has 4 rings (SSSR count). The van der Waals surface area contributed by atoms with E-state index in [9.17, 15) is 23.1 Å². The first-order valence-electron chi connectivity index (χ1n) is 14.8. The molecule has 0 bridgehead atoms. The second-order valence-electron chi connectivity index (χ2n) is 11.2. The van der Waals surface area contributed by atoms with Gasteiger partial charge < -0.3 is 26.2 Å². The van der Waals surface area contributed by atoms with Gasteiger partial charge in [0.05, 0.1) is 31.2 Å². The van der Waals surface area contributed by atoms with Gasteiger partial charge >= 0.3 is 6.09 Å². The number of anilines is 1. The number of sulfonamides is 1. The van der Waals surface area contributed by atoms with Crippen molar-refractivity contribution in [1.29, 1.82) is 0 Å². The van der Waals surface area contributed by atoms with Crippen LogP contribution in [-0.4, -0.2) is 56.1 Å². The van der Waals surface area contributed by atoms with E-state index in [1.165, 1.54) is 47.0 Å². The van der Waals surface area contributed by atoms with Gasteiger partial charge in [0, 0.05) is 27.9 Å². The number of rotatable bonds is 14. The van der Waals surface area contributed by atoms with E-state index in [0.717, 1.165) is 16.0 Å². The van der Waals surface area contributed by atoms with Crippen molar-refractivity contribution < 1.29 is 27.9 Å². The van der Waals surface area contributed by atoms with Crippen molar-refractivity contribution in [3.05, 3.63) is 118 Å². The highest BCUT2D eigenvalue weighted by Gasteiger charge is 2.35. The molecule has 1 heterocycles. The van der Waals surface area contributed by atoms with Crippen LogP contribution >= 0.6 is 11.3 Å². The van der Waals surface area contributed by atoms with E-state index in [-0.39, 0.29) is 23.9 Å². The molecule has 0 aliphatic rings. The van der Waals surface area contributed by atoms with Gasteiger partial charge in [-0.1, -0.05) is 74.5 Å². The molecule has 1 aromatic heterocycles. The summed E-state index contributed by atoms with van der Waals surface area (Å²) in [7, 11) is -2.73. The molecule has 0 radical (unpaired) electrons. The van der Waals surface area contributed by atoms with Gasteiger partial charge in [-0.05, 0) is 53.4 Å². The lowest BCUT2D eigenvalue weighted by molar-refractivity contribution is -0.123. The van der Waals surface area contributed by atoms with E-state index in [2.05, 4.69) is 10.6 Å². The van der Waals surface area contributed by atoms with Gasteiger partial charge in [0.25, 0.3) is 0 Å². The van der Waals surface area contributed by atoms with E-state index in [4.69, 9.17) is 10.5 Å². The Kier molecular flexibility index (Phi) is 11.9. The van der Waals surface area contributed by atoms with Gasteiger partial charge in [-0.2, -0.15) is 4.31 Å². The number of carbonyl (C=O) groups is 2. The van der Waals surface area contributed by atoms with E-state index >= 15 is 0 Å². The maximum Gasteiger partial charge on any atom is 0.407 e. The number of benzene rings is 3. The Labute approximate surface area is 274 Å². The van der Waals surface area contributed by atoms with Crippen molar-refractivity contribution in [1.82, 2.24) is 14.9 Å². The maximum absolute atomic E-state index is 13.8. The molecule has 2 amide bonds. The van der Waals surface area contributed by atoms with Gasteiger partial charge in [-0.3, -0.25) is 4.79 Å². The zero-order valence-corrected chi connectivity index (χ0v) is 27.6. The third-order valence-electron chi connectivity index (χ3n) is 7.39. The van der Waals surface area contributed by atoms with Crippen LogP contribution in [0, 0.1) is 5.92 Å². The van der Waals surface area contributed by atoms with Gasteiger partial charge in [-0.25, -0.2) is 13.2 Å². The molecule has 5 N–H and O–H groups in total. The highest BCUT2D eigenvalue weighted by atomic mass is 32.2. The number of amides is 2. The minimum Gasteiger partial charge on any atom is -0.453 e. The Morgan fingerprint density at radius 3 is 2.02 bits per heavy atom. The van der Waals surface area contributed by atoms with E-state index in [1.807, 2.05) is 74.5 Å². The molecule has 0 aliphatic heterocycles. The smallest absolute Gasteiger partial charge is 0.407 e. The summed E-state index contributed by atoms with van der Waals surface area (Å²) in [5, 5.41) is 16.1. The Hall–Kier alpha value is -4.23. The molecule has 2 atom stereocenters. The Morgan fingerprint density at radius 2 is 1.50 bits per heavy atom. The van der Waals surface area contributed by atoms with Crippen LogP contribution in [0.15, 0.2) is 102 Å². The summed E-state index contributed by atoms with van der Waals surface area (Å²) in [5.74, 6) is -0.954. The fourth-order valence-electron chi connectivity index (χ4n) is 5.19. The van der Waals surface area contributed by atoms with E-state index in [1.54, 1.807) is 12.1 Å². The third-order valence-corrected chi connectivity index (χ3v) is 10.5. The monoisotopic (exact) mass is 664 g/mol. The van der Waals surface area contributed by atoms with E-state index < -0.39 is 46.6 Å². The van der Waals surface area contributed by atoms with Crippen molar-refractivity contribution in [2.45, 2.75) is 43.3 Å². The van der Waals surface area contributed by atoms with Crippen molar-refractivity contribution in [2.75, 3.05) is 26.0 Å². The van der Waals surface area contributed by atoms with Crippen LogP contribution < -0.4 is 16.4 Å². The number of nitrogens with zero attached hydrogens (tertiary/aromatic N) is 1. The van der Waals surface area contributed by atoms with Crippen molar-refractivity contribution >= 4 is 39.0 Å². The Bertz CT molecular complexity index is 1640. The number of thiophene rings is 1. The molecule has 0 saturated carbocycles. The van der Waals surface area contributed by atoms with Crippen LogP contribution in [0.25, 0.3) is 0 Å². The van der Waals surface area contributed by atoms with Crippen LogP contribution in [-0.2, 0) is 26.1 Å². The lowest BCUT2D eigenvalue weighted by Crippen LogP contribution is -2.50. The predicted octanol–water partition coefficient (Wildman–Crippen LogP) is 4.88. The molecular weight excluding hydrogens is 625 g/mol. The first-order chi connectivity index (χ1) is 22.0. The molecule has 10 nitrogen and oxygen atoms in total. The molecule has 3 aromatic carbocycles. The second-order valence-corrected chi connectivity index (χ2v) is 14.3. The summed E-state index contributed by atoms with van der Waals surface area (Å²) in [6, 6.07) is 26.6.